The second-order valence-electron chi connectivity index (χ2n) is 8.68. The summed E-state index contributed by atoms with van der Waals surface area (Å²) in [5, 5.41) is 8.35. The molecule has 0 fully saturated rings. The van der Waals surface area contributed by atoms with Gasteiger partial charge in [0.2, 0.25) is 0 Å². The van der Waals surface area contributed by atoms with Gasteiger partial charge in [-0.15, -0.1) is 12.4 Å². The standard InChI is InChI=1S/C26H44N4O2.ClH/c1-6-8-17-32-26-23(31-5)18-22(25-24(26)21(7-2)13-16-29-25)30-20(4)12-10-15-28-19(3)11-9-14-27;/h13,16,18-20,28,30H,6-12,14-15,17,27H2,1-5H3;1H. The SMILES string of the molecule is CCCCOc1c(OC)cc(NC(C)CCCNC(C)CCCN)c2nccc(CC)c12.Cl. The fraction of sp³-hybridized carbons (Fsp3) is 0.654. The number of anilines is 1. The summed E-state index contributed by atoms with van der Waals surface area (Å²) in [6.07, 6.45) is 9.31. The number of hydrogen-bond acceptors (Lipinski definition) is 6. The van der Waals surface area contributed by atoms with Gasteiger partial charge >= 0.3 is 0 Å². The van der Waals surface area contributed by atoms with Crippen LogP contribution >= 0.6 is 12.4 Å². The van der Waals surface area contributed by atoms with Gasteiger partial charge in [0.05, 0.1) is 30.3 Å². The van der Waals surface area contributed by atoms with E-state index in [1.807, 2.05) is 12.3 Å². The van der Waals surface area contributed by atoms with Gasteiger partial charge in [0.15, 0.2) is 11.5 Å². The van der Waals surface area contributed by atoms with Gasteiger partial charge in [-0.25, -0.2) is 0 Å². The molecular formula is C26H45ClN4O2. The molecule has 1 aromatic carbocycles. The van der Waals surface area contributed by atoms with Crippen LogP contribution in [0, 0.1) is 0 Å². The maximum Gasteiger partial charge on any atom is 0.170 e. The molecule has 2 rings (SSSR count). The number of aryl methyl sites for hydroxylation is 1. The number of benzene rings is 1. The number of hydrogen-bond donors (Lipinski definition) is 3. The third kappa shape index (κ3) is 8.84. The molecule has 1 heterocycles. The molecule has 0 amide bonds. The largest absolute Gasteiger partial charge is 0.493 e. The molecule has 33 heavy (non-hydrogen) atoms. The maximum atomic E-state index is 6.21. The minimum Gasteiger partial charge on any atom is -0.493 e. The van der Waals surface area contributed by atoms with E-state index in [9.17, 15) is 0 Å². The molecule has 0 bridgehead atoms. The molecule has 0 radical (unpaired) electrons. The highest BCUT2D eigenvalue weighted by molar-refractivity contribution is 5.99. The van der Waals surface area contributed by atoms with Gasteiger partial charge in [0.1, 0.15) is 0 Å². The van der Waals surface area contributed by atoms with Gasteiger partial charge in [-0.2, -0.15) is 0 Å². The van der Waals surface area contributed by atoms with Crippen molar-refractivity contribution in [3.63, 3.8) is 0 Å². The molecule has 2 unspecified atom stereocenters. The third-order valence-corrected chi connectivity index (χ3v) is 5.91. The lowest BCUT2D eigenvalue weighted by Gasteiger charge is -2.21. The van der Waals surface area contributed by atoms with Gasteiger partial charge in [-0.05, 0) is 77.1 Å². The number of nitrogens with zero attached hydrogens (tertiary/aromatic N) is 1. The first-order valence-corrected chi connectivity index (χ1v) is 12.4. The fourth-order valence-electron chi connectivity index (χ4n) is 3.99. The Bertz CT molecular complexity index is 818. The zero-order chi connectivity index (χ0) is 23.3. The minimum absolute atomic E-state index is 0. The van der Waals surface area contributed by atoms with E-state index in [2.05, 4.69) is 44.4 Å². The number of aromatic nitrogens is 1. The van der Waals surface area contributed by atoms with Crippen LogP contribution in [0.15, 0.2) is 18.3 Å². The summed E-state index contributed by atoms with van der Waals surface area (Å²) >= 11 is 0. The first-order chi connectivity index (χ1) is 15.5. The van der Waals surface area contributed by atoms with Crippen molar-refractivity contribution >= 4 is 29.0 Å². The van der Waals surface area contributed by atoms with Crippen molar-refractivity contribution in [3.05, 3.63) is 23.9 Å². The molecular weight excluding hydrogens is 436 g/mol. The molecule has 188 valence electrons. The number of nitrogens with one attached hydrogen (secondary N) is 2. The van der Waals surface area contributed by atoms with Crippen molar-refractivity contribution in [1.29, 1.82) is 0 Å². The predicted molar refractivity (Wildman–Crippen MR) is 143 cm³/mol. The highest BCUT2D eigenvalue weighted by Crippen LogP contribution is 2.41. The maximum absolute atomic E-state index is 6.21. The van der Waals surface area contributed by atoms with Crippen molar-refractivity contribution in [2.45, 2.75) is 84.7 Å². The lowest BCUT2D eigenvalue weighted by atomic mass is 10.0. The van der Waals surface area contributed by atoms with Gasteiger partial charge in [0, 0.05) is 24.3 Å². The molecule has 7 heteroatoms. The van der Waals surface area contributed by atoms with Crippen LogP contribution in [-0.4, -0.2) is 43.9 Å². The Labute approximate surface area is 206 Å². The van der Waals surface area contributed by atoms with Crippen LogP contribution in [-0.2, 0) is 6.42 Å². The van der Waals surface area contributed by atoms with Crippen molar-refractivity contribution in [1.82, 2.24) is 10.3 Å². The highest BCUT2D eigenvalue weighted by Gasteiger charge is 2.19. The van der Waals surface area contributed by atoms with E-state index in [0.717, 1.165) is 86.1 Å². The Morgan fingerprint density at radius 2 is 1.85 bits per heavy atom. The number of pyridine rings is 1. The Morgan fingerprint density at radius 1 is 1.09 bits per heavy atom. The van der Waals surface area contributed by atoms with Gasteiger partial charge in [-0.1, -0.05) is 20.3 Å². The smallest absolute Gasteiger partial charge is 0.170 e. The minimum atomic E-state index is 0. The molecule has 1 aromatic heterocycles. The molecule has 0 saturated carbocycles. The van der Waals surface area contributed by atoms with Crippen LogP contribution in [0.25, 0.3) is 10.9 Å². The zero-order valence-corrected chi connectivity index (χ0v) is 22.0. The number of ether oxygens (including phenoxy) is 2. The third-order valence-electron chi connectivity index (χ3n) is 5.91. The molecule has 0 aliphatic heterocycles. The predicted octanol–water partition coefficient (Wildman–Crippen LogP) is 5.70. The van der Waals surface area contributed by atoms with Crippen LogP contribution in [0.5, 0.6) is 11.5 Å². The van der Waals surface area contributed by atoms with Crippen LogP contribution < -0.4 is 25.8 Å². The van der Waals surface area contributed by atoms with Gasteiger partial charge < -0.3 is 25.8 Å². The lowest BCUT2D eigenvalue weighted by molar-refractivity contribution is 0.292. The van der Waals surface area contributed by atoms with E-state index >= 15 is 0 Å². The Balaban J connectivity index is 0.00000544. The average molecular weight is 481 g/mol. The van der Waals surface area contributed by atoms with E-state index in [1.165, 1.54) is 5.56 Å². The molecule has 0 spiro atoms. The lowest BCUT2D eigenvalue weighted by Crippen LogP contribution is -2.28. The normalized spacial score (nSPS) is 12.8. The summed E-state index contributed by atoms with van der Waals surface area (Å²) in [7, 11) is 1.71. The summed E-state index contributed by atoms with van der Waals surface area (Å²) in [6, 6.07) is 4.97. The summed E-state index contributed by atoms with van der Waals surface area (Å²) in [5.74, 6) is 1.58. The van der Waals surface area contributed by atoms with Gasteiger partial charge in [0.25, 0.3) is 0 Å². The average Bonchev–Trinajstić information content (AvgIpc) is 2.81. The van der Waals surface area contributed by atoms with E-state index in [0.29, 0.717) is 18.7 Å². The van der Waals surface area contributed by atoms with E-state index in [-0.39, 0.29) is 12.4 Å². The summed E-state index contributed by atoms with van der Waals surface area (Å²) in [5.41, 5.74) is 8.79. The fourth-order valence-corrected chi connectivity index (χ4v) is 3.99. The van der Waals surface area contributed by atoms with Crippen molar-refractivity contribution in [2.24, 2.45) is 5.73 Å². The zero-order valence-electron chi connectivity index (χ0n) is 21.2. The summed E-state index contributed by atoms with van der Waals surface area (Å²) in [4.78, 5) is 4.73. The number of methoxy groups -OCH3 is 1. The van der Waals surface area contributed by atoms with Gasteiger partial charge in [-0.3, -0.25) is 4.98 Å². The van der Waals surface area contributed by atoms with E-state index in [1.54, 1.807) is 7.11 Å². The summed E-state index contributed by atoms with van der Waals surface area (Å²) in [6.45, 7) is 11.3. The molecule has 2 atom stereocenters. The van der Waals surface area contributed by atoms with Crippen LogP contribution in [0.1, 0.15) is 71.8 Å². The van der Waals surface area contributed by atoms with Crippen molar-refractivity contribution in [3.8, 4) is 11.5 Å². The second-order valence-corrected chi connectivity index (χ2v) is 8.68. The number of fused-ring (bicyclic) bond motifs is 1. The quantitative estimate of drug-likeness (QED) is 0.267. The van der Waals surface area contributed by atoms with Crippen LogP contribution in [0.4, 0.5) is 5.69 Å². The van der Waals surface area contributed by atoms with Crippen molar-refractivity contribution < 1.29 is 9.47 Å². The molecule has 2 aromatic rings. The molecule has 0 saturated heterocycles. The Hall–Kier alpha value is -1.76. The number of unbranched alkanes of at least 4 members (excludes halogenated alkanes) is 1. The first kappa shape index (κ1) is 29.3. The number of halogens is 1. The molecule has 0 aliphatic carbocycles. The first-order valence-electron chi connectivity index (χ1n) is 12.4. The monoisotopic (exact) mass is 480 g/mol. The van der Waals surface area contributed by atoms with Crippen LogP contribution in [0.2, 0.25) is 0 Å². The molecule has 0 aliphatic rings. The topological polar surface area (TPSA) is 81.4 Å². The summed E-state index contributed by atoms with van der Waals surface area (Å²) < 4.78 is 12.0. The van der Waals surface area contributed by atoms with E-state index < -0.39 is 0 Å². The van der Waals surface area contributed by atoms with Crippen molar-refractivity contribution in [2.75, 3.05) is 32.1 Å². The second kappa shape index (κ2) is 16.0. The van der Waals surface area contributed by atoms with E-state index in [4.69, 9.17) is 20.2 Å². The highest BCUT2D eigenvalue weighted by atomic mass is 35.5. The molecule has 4 N–H and O–H groups in total. The number of rotatable bonds is 16. The Morgan fingerprint density at radius 3 is 2.52 bits per heavy atom. The van der Waals surface area contributed by atoms with Crippen LogP contribution in [0.3, 0.4) is 0 Å². The number of nitrogens with two attached hydrogens (primary N) is 1. The Kier molecular flexibility index (Phi) is 14.2. The molecule has 6 nitrogen and oxygen atoms in total.